The van der Waals surface area contributed by atoms with Crippen LogP contribution >= 0.6 is 15.9 Å². The fraction of sp³-hybridized carbons (Fsp3) is 0.583. The largest absolute Gasteiger partial charge is 0.367 e. The van der Waals surface area contributed by atoms with Crippen LogP contribution in [-0.2, 0) is 0 Å². The van der Waals surface area contributed by atoms with Gasteiger partial charge in [-0.05, 0) is 41.6 Å². The smallest absolute Gasteiger partial charge is 0.288 e. The van der Waals surface area contributed by atoms with E-state index in [1.807, 2.05) is 0 Å². The maximum absolute atomic E-state index is 10.6. The van der Waals surface area contributed by atoms with Gasteiger partial charge in [0.2, 0.25) is 0 Å². The molecule has 0 amide bonds. The van der Waals surface area contributed by atoms with Gasteiger partial charge >= 0.3 is 0 Å². The fourth-order valence-corrected chi connectivity index (χ4v) is 2.28. The number of hydrogen-bond donors (Lipinski definition) is 1. The van der Waals surface area contributed by atoms with Crippen LogP contribution in [0.25, 0.3) is 0 Å². The Morgan fingerprint density at radius 1 is 1.67 bits per heavy atom. The van der Waals surface area contributed by atoms with Crippen molar-refractivity contribution in [2.45, 2.75) is 38.6 Å². The van der Waals surface area contributed by atoms with Gasteiger partial charge < -0.3 is 5.32 Å². The van der Waals surface area contributed by atoms with Gasteiger partial charge in [-0.1, -0.05) is 12.8 Å². The van der Waals surface area contributed by atoms with Crippen molar-refractivity contribution in [2.75, 3.05) is 5.32 Å². The van der Waals surface area contributed by atoms with E-state index >= 15 is 0 Å². The van der Waals surface area contributed by atoms with Crippen molar-refractivity contribution in [2.24, 2.45) is 5.92 Å². The summed E-state index contributed by atoms with van der Waals surface area (Å²) >= 11 is 3.31. The predicted molar refractivity (Wildman–Crippen MR) is 73.6 cm³/mol. The van der Waals surface area contributed by atoms with Crippen LogP contribution in [0.15, 0.2) is 16.7 Å². The molecule has 0 saturated heterocycles. The lowest BCUT2D eigenvalue weighted by Crippen LogP contribution is -2.16. The first-order chi connectivity index (χ1) is 8.56. The van der Waals surface area contributed by atoms with Crippen LogP contribution in [-0.4, -0.2) is 15.9 Å². The van der Waals surface area contributed by atoms with Crippen molar-refractivity contribution >= 4 is 27.4 Å². The van der Waals surface area contributed by atoms with Crippen LogP contribution in [0.5, 0.6) is 0 Å². The van der Waals surface area contributed by atoms with Gasteiger partial charge in [0.15, 0.2) is 0 Å². The summed E-state index contributed by atoms with van der Waals surface area (Å²) in [5.74, 6) is 1.59. The Morgan fingerprint density at radius 3 is 2.94 bits per heavy atom. The minimum absolute atomic E-state index is 0.00180. The number of nitrogens with zero attached hydrogens (tertiary/aromatic N) is 2. The van der Waals surface area contributed by atoms with E-state index in [9.17, 15) is 10.1 Å². The van der Waals surface area contributed by atoms with Crippen LogP contribution in [0.1, 0.15) is 32.6 Å². The van der Waals surface area contributed by atoms with Gasteiger partial charge in [0, 0.05) is 12.1 Å². The lowest BCUT2D eigenvalue weighted by atomic mass is 10.1. The van der Waals surface area contributed by atoms with Gasteiger partial charge in [0.1, 0.15) is 12.0 Å². The minimum Gasteiger partial charge on any atom is -0.367 e. The molecule has 1 heterocycles. The molecule has 0 radical (unpaired) electrons. The molecular weight excluding hydrogens is 298 g/mol. The summed E-state index contributed by atoms with van der Waals surface area (Å²) in [7, 11) is 0. The fourth-order valence-electron chi connectivity index (χ4n) is 1.83. The molecule has 1 aliphatic carbocycles. The van der Waals surface area contributed by atoms with Crippen molar-refractivity contribution in [3.63, 3.8) is 0 Å². The molecule has 6 heteroatoms. The maximum atomic E-state index is 10.6. The summed E-state index contributed by atoms with van der Waals surface area (Å²) in [5, 5.41) is 13.9. The molecule has 18 heavy (non-hydrogen) atoms. The van der Waals surface area contributed by atoms with Gasteiger partial charge in [-0.25, -0.2) is 4.98 Å². The highest BCUT2D eigenvalue weighted by atomic mass is 79.9. The molecule has 1 saturated carbocycles. The zero-order chi connectivity index (χ0) is 13.1. The highest BCUT2D eigenvalue weighted by molar-refractivity contribution is 9.10. The predicted octanol–water partition coefficient (Wildman–Crippen LogP) is 3.74. The Hall–Kier alpha value is -1.17. The lowest BCUT2D eigenvalue weighted by Gasteiger charge is -2.15. The molecule has 0 spiro atoms. The standard InChI is InChI=1S/C12H16BrN3O2/c1-8(2-3-9-4-5-9)15-12-11(13)6-10(7-14-12)16(17)18/h6-9H,2-5H2,1H3,(H,14,15). The summed E-state index contributed by atoms with van der Waals surface area (Å²) in [6.07, 6.45) is 6.37. The van der Waals surface area contributed by atoms with Gasteiger partial charge in [-0.3, -0.25) is 10.1 Å². The molecule has 0 aromatic carbocycles. The van der Waals surface area contributed by atoms with E-state index in [4.69, 9.17) is 0 Å². The topological polar surface area (TPSA) is 68.1 Å². The summed E-state index contributed by atoms with van der Waals surface area (Å²) in [6, 6.07) is 1.80. The number of pyridine rings is 1. The second kappa shape index (κ2) is 5.65. The van der Waals surface area contributed by atoms with Gasteiger partial charge in [0.05, 0.1) is 9.40 Å². The summed E-state index contributed by atoms with van der Waals surface area (Å²) < 4.78 is 0.634. The Morgan fingerprint density at radius 2 is 2.39 bits per heavy atom. The normalized spacial score (nSPS) is 16.3. The second-order valence-electron chi connectivity index (χ2n) is 4.85. The van der Waals surface area contributed by atoms with E-state index in [0.29, 0.717) is 16.3 Å². The molecule has 0 aliphatic heterocycles. The van der Waals surface area contributed by atoms with Crippen LogP contribution < -0.4 is 5.32 Å². The molecule has 1 unspecified atom stereocenters. The molecule has 0 bridgehead atoms. The highest BCUT2D eigenvalue weighted by Crippen LogP contribution is 2.34. The molecule has 1 aromatic rings. The Bertz CT molecular complexity index is 449. The van der Waals surface area contributed by atoms with Crippen LogP contribution in [0.4, 0.5) is 11.5 Å². The van der Waals surface area contributed by atoms with Crippen molar-refractivity contribution in [1.29, 1.82) is 0 Å². The number of nitrogens with one attached hydrogen (secondary N) is 1. The number of halogens is 1. The summed E-state index contributed by atoms with van der Waals surface area (Å²) in [5.41, 5.74) is -0.00180. The monoisotopic (exact) mass is 313 g/mol. The Labute approximate surface area is 114 Å². The quantitative estimate of drug-likeness (QED) is 0.641. The van der Waals surface area contributed by atoms with Gasteiger partial charge in [0.25, 0.3) is 5.69 Å². The molecule has 5 nitrogen and oxygen atoms in total. The lowest BCUT2D eigenvalue weighted by molar-refractivity contribution is -0.385. The average Bonchev–Trinajstić information content (AvgIpc) is 3.13. The molecule has 1 aliphatic rings. The third-order valence-electron chi connectivity index (χ3n) is 3.13. The molecule has 1 aromatic heterocycles. The van der Waals surface area contributed by atoms with Crippen molar-refractivity contribution < 1.29 is 4.92 Å². The first-order valence-electron chi connectivity index (χ1n) is 6.12. The van der Waals surface area contributed by atoms with Crippen molar-refractivity contribution in [1.82, 2.24) is 4.98 Å². The van der Waals surface area contributed by atoms with Crippen molar-refractivity contribution in [3.8, 4) is 0 Å². The summed E-state index contributed by atoms with van der Waals surface area (Å²) in [4.78, 5) is 14.2. The number of rotatable bonds is 6. The van der Waals surface area contributed by atoms with E-state index in [1.165, 1.54) is 31.5 Å². The van der Waals surface area contributed by atoms with Gasteiger partial charge in [-0.15, -0.1) is 0 Å². The number of hydrogen-bond acceptors (Lipinski definition) is 4. The third kappa shape index (κ3) is 3.66. The molecule has 1 N–H and O–H groups in total. The van der Waals surface area contributed by atoms with Crippen LogP contribution in [0, 0.1) is 16.0 Å². The number of anilines is 1. The molecular formula is C12H16BrN3O2. The first kappa shape index (κ1) is 13.3. The SMILES string of the molecule is CC(CCC1CC1)Nc1ncc([N+](=O)[O-])cc1Br. The molecule has 1 atom stereocenters. The summed E-state index contributed by atoms with van der Waals surface area (Å²) in [6.45, 7) is 2.11. The molecule has 98 valence electrons. The van der Waals surface area contributed by atoms with E-state index < -0.39 is 4.92 Å². The van der Waals surface area contributed by atoms with Crippen molar-refractivity contribution in [3.05, 3.63) is 26.9 Å². The van der Waals surface area contributed by atoms with E-state index in [0.717, 1.165) is 12.3 Å². The number of aromatic nitrogens is 1. The van der Waals surface area contributed by atoms with Crippen LogP contribution in [0.2, 0.25) is 0 Å². The Kier molecular flexibility index (Phi) is 4.16. The molecule has 1 fully saturated rings. The zero-order valence-electron chi connectivity index (χ0n) is 10.2. The molecule has 2 rings (SSSR count). The zero-order valence-corrected chi connectivity index (χ0v) is 11.8. The second-order valence-corrected chi connectivity index (χ2v) is 5.70. The third-order valence-corrected chi connectivity index (χ3v) is 3.73. The average molecular weight is 314 g/mol. The van der Waals surface area contributed by atoms with E-state index in [2.05, 4.69) is 33.2 Å². The van der Waals surface area contributed by atoms with E-state index in [-0.39, 0.29) is 5.69 Å². The van der Waals surface area contributed by atoms with E-state index in [1.54, 1.807) is 0 Å². The number of nitro groups is 1. The highest BCUT2D eigenvalue weighted by Gasteiger charge is 2.21. The maximum Gasteiger partial charge on any atom is 0.288 e. The Balaban J connectivity index is 1.93. The van der Waals surface area contributed by atoms with Crippen LogP contribution in [0.3, 0.4) is 0 Å². The minimum atomic E-state index is -0.446. The van der Waals surface area contributed by atoms with Gasteiger partial charge in [-0.2, -0.15) is 0 Å². The first-order valence-corrected chi connectivity index (χ1v) is 6.92.